The Balaban J connectivity index is 1.88. The standard InChI is InChI=1S/C24H18FN/c1-2-3-16-6-11-21-19(12-16)9-10-20-13-23(24(25)14-22(20)21)18-7-4-17(15-26)5-8-18/h4-14H,2-3H2,1H3. The van der Waals surface area contributed by atoms with Crippen molar-refractivity contribution < 1.29 is 4.39 Å². The Morgan fingerprint density at radius 1 is 0.846 bits per heavy atom. The molecule has 126 valence electrons. The van der Waals surface area contributed by atoms with E-state index >= 15 is 0 Å². The van der Waals surface area contributed by atoms with Crippen molar-refractivity contribution in [2.45, 2.75) is 19.8 Å². The highest BCUT2D eigenvalue weighted by atomic mass is 19.1. The second-order valence-electron chi connectivity index (χ2n) is 6.61. The quantitative estimate of drug-likeness (QED) is 0.385. The van der Waals surface area contributed by atoms with Crippen LogP contribution in [0.1, 0.15) is 24.5 Å². The van der Waals surface area contributed by atoms with Gasteiger partial charge < -0.3 is 0 Å². The first kappa shape index (κ1) is 16.3. The van der Waals surface area contributed by atoms with Gasteiger partial charge in [0.15, 0.2) is 0 Å². The van der Waals surface area contributed by atoms with E-state index in [1.165, 1.54) is 5.56 Å². The fourth-order valence-electron chi connectivity index (χ4n) is 3.53. The second-order valence-corrected chi connectivity index (χ2v) is 6.61. The van der Waals surface area contributed by atoms with Crippen molar-refractivity contribution in [1.82, 2.24) is 0 Å². The molecule has 4 aromatic rings. The summed E-state index contributed by atoms with van der Waals surface area (Å²) in [5.41, 5.74) is 3.23. The molecule has 0 aromatic heterocycles. The Bertz CT molecular complexity index is 1150. The predicted octanol–water partition coefficient (Wildman–Crippen LogP) is 6.62. The number of rotatable bonds is 3. The maximum Gasteiger partial charge on any atom is 0.131 e. The van der Waals surface area contributed by atoms with Gasteiger partial charge in [0.05, 0.1) is 11.6 Å². The van der Waals surface area contributed by atoms with E-state index in [4.69, 9.17) is 5.26 Å². The number of aryl methyl sites for hydroxylation is 1. The van der Waals surface area contributed by atoms with E-state index in [9.17, 15) is 4.39 Å². The van der Waals surface area contributed by atoms with E-state index in [1.807, 2.05) is 6.07 Å². The third kappa shape index (κ3) is 2.82. The van der Waals surface area contributed by atoms with Crippen LogP contribution in [0.2, 0.25) is 0 Å². The number of nitriles is 1. The summed E-state index contributed by atoms with van der Waals surface area (Å²) in [5, 5.41) is 13.1. The fraction of sp³-hybridized carbons (Fsp3) is 0.125. The first-order valence-electron chi connectivity index (χ1n) is 8.85. The summed E-state index contributed by atoms with van der Waals surface area (Å²) in [6.07, 6.45) is 2.17. The molecule has 26 heavy (non-hydrogen) atoms. The summed E-state index contributed by atoms with van der Waals surface area (Å²) < 4.78 is 14.9. The lowest BCUT2D eigenvalue weighted by Crippen LogP contribution is -1.88. The van der Waals surface area contributed by atoms with Gasteiger partial charge >= 0.3 is 0 Å². The highest BCUT2D eigenvalue weighted by Crippen LogP contribution is 2.32. The molecule has 1 nitrogen and oxygen atoms in total. The topological polar surface area (TPSA) is 23.8 Å². The molecule has 0 saturated heterocycles. The normalized spacial score (nSPS) is 11.0. The zero-order valence-electron chi connectivity index (χ0n) is 14.6. The molecule has 0 radical (unpaired) electrons. The van der Waals surface area contributed by atoms with Gasteiger partial charge in [0.2, 0.25) is 0 Å². The Kier molecular flexibility index (Phi) is 4.14. The van der Waals surface area contributed by atoms with Crippen molar-refractivity contribution in [2.75, 3.05) is 0 Å². The summed E-state index contributed by atoms with van der Waals surface area (Å²) in [7, 11) is 0. The molecule has 0 atom stereocenters. The summed E-state index contributed by atoms with van der Waals surface area (Å²) in [5.74, 6) is -0.243. The summed E-state index contributed by atoms with van der Waals surface area (Å²) in [4.78, 5) is 0. The Labute approximate surface area is 152 Å². The first-order chi connectivity index (χ1) is 12.7. The minimum absolute atomic E-state index is 0.243. The lowest BCUT2D eigenvalue weighted by molar-refractivity contribution is 0.633. The maximum atomic E-state index is 14.9. The van der Waals surface area contributed by atoms with Gasteiger partial charge in [-0.05, 0) is 63.4 Å². The monoisotopic (exact) mass is 339 g/mol. The molecule has 0 aliphatic heterocycles. The SMILES string of the molecule is CCCc1ccc2c(ccc3cc(-c4ccc(C#N)cc4)c(F)cc32)c1. The average Bonchev–Trinajstić information content (AvgIpc) is 2.67. The molecule has 0 spiro atoms. The van der Waals surface area contributed by atoms with Crippen LogP contribution in [0.3, 0.4) is 0 Å². The van der Waals surface area contributed by atoms with E-state index < -0.39 is 0 Å². The van der Waals surface area contributed by atoms with Crippen LogP contribution in [0.25, 0.3) is 32.7 Å². The molecule has 0 N–H and O–H groups in total. The van der Waals surface area contributed by atoms with Crippen molar-refractivity contribution in [3.63, 3.8) is 0 Å². The average molecular weight is 339 g/mol. The summed E-state index contributed by atoms with van der Waals surface area (Å²) in [6, 6.07) is 23.2. The molecule has 2 heteroatoms. The van der Waals surface area contributed by atoms with Gasteiger partial charge in [-0.3, -0.25) is 0 Å². The number of nitrogens with zero attached hydrogens (tertiary/aromatic N) is 1. The van der Waals surface area contributed by atoms with E-state index in [-0.39, 0.29) is 5.82 Å². The summed E-state index contributed by atoms with van der Waals surface area (Å²) in [6.45, 7) is 2.17. The van der Waals surface area contributed by atoms with E-state index in [0.717, 1.165) is 39.9 Å². The molecule has 0 bridgehead atoms. The van der Waals surface area contributed by atoms with Gasteiger partial charge in [0.25, 0.3) is 0 Å². The molecule has 4 aromatic carbocycles. The number of halogens is 1. The fourth-order valence-corrected chi connectivity index (χ4v) is 3.53. The van der Waals surface area contributed by atoms with Crippen LogP contribution in [0.15, 0.2) is 66.7 Å². The zero-order valence-corrected chi connectivity index (χ0v) is 14.6. The number of hydrogen-bond acceptors (Lipinski definition) is 1. The van der Waals surface area contributed by atoms with Gasteiger partial charge in [-0.1, -0.05) is 55.8 Å². The minimum atomic E-state index is -0.243. The third-order valence-corrected chi connectivity index (χ3v) is 4.85. The first-order valence-corrected chi connectivity index (χ1v) is 8.85. The Hall–Kier alpha value is -3.18. The predicted molar refractivity (Wildman–Crippen MR) is 106 cm³/mol. The highest BCUT2D eigenvalue weighted by molar-refractivity contribution is 6.08. The molecule has 0 amide bonds. The number of hydrogen-bond donors (Lipinski definition) is 0. The van der Waals surface area contributed by atoms with Crippen LogP contribution in [0, 0.1) is 17.1 Å². The third-order valence-electron chi connectivity index (χ3n) is 4.85. The van der Waals surface area contributed by atoms with Gasteiger partial charge in [0.1, 0.15) is 5.82 Å². The Morgan fingerprint density at radius 3 is 2.27 bits per heavy atom. The van der Waals surface area contributed by atoms with Crippen LogP contribution in [0.4, 0.5) is 4.39 Å². The molecule has 4 rings (SSSR count). The molecule has 0 aliphatic rings. The molecule has 0 aliphatic carbocycles. The molecular weight excluding hydrogens is 321 g/mol. The number of benzene rings is 4. The second kappa shape index (κ2) is 6.61. The maximum absolute atomic E-state index is 14.9. The number of fused-ring (bicyclic) bond motifs is 3. The Morgan fingerprint density at radius 2 is 1.58 bits per heavy atom. The molecule has 0 saturated carbocycles. The van der Waals surface area contributed by atoms with Gasteiger partial charge in [0, 0.05) is 5.56 Å². The molecule has 0 fully saturated rings. The van der Waals surface area contributed by atoms with Gasteiger partial charge in [-0.15, -0.1) is 0 Å². The van der Waals surface area contributed by atoms with Crippen LogP contribution >= 0.6 is 0 Å². The van der Waals surface area contributed by atoms with Crippen molar-refractivity contribution >= 4 is 21.5 Å². The van der Waals surface area contributed by atoms with Crippen LogP contribution in [-0.4, -0.2) is 0 Å². The lowest BCUT2D eigenvalue weighted by atomic mass is 9.95. The van der Waals surface area contributed by atoms with Crippen molar-refractivity contribution in [3.05, 3.63) is 83.7 Å². The lowest BCUT2D eigenvalue weighted by Gasteiger charge is -2.10. The molecule has 0 heterocycles. The highest BCUT2D eigenvalue weighted by Gasteiger charge is 2.10. The zero-order chi connectivity index (χ0) is 18.1. The van der Waals surface area contributed by atoms with Crippen LogP contribution in [-0.2, 0) is 6.42 Å². The van der Waals surface area contributed by atoms with Crippen molar-refractivity contribution in [3.8, 4) is 17.2 Å². The minimum Gasteiger partial charge on any atom is -0.206 e. The van der Waals surface area contributed by atoms with Crippen molar-refractivity contribution in [1.29, 1.82) is 5.26 Å². The van der Waals surface area contributed by atoms with Crippen LogP contribution < -0.4 is 0 Å². The largest absolute Gasteiger partial charge is 0.206 e. The molecular formula is C24H18FN. The van der Waals surface area contributed by atoms with E-state index in [1.54, 1.807) is 30.3 Å². The summed E-state index contributed by atoms with van der Waals surface area (Å²) >= 11 is 0. The molecule has 0 unspecified atom stereocenters. The van der Waals surface area contributed by atoms with Gasteiger partial charge in [-0.2, -0.15) is 5.26 Å². The van der Waals surface area contributed by atoms with Gasteiger partial charge in [-0.25, -0.2) is 4.39 Å². The van der Waals surface area contributed by atoms with Crippen molar-refractivity contribution in [2.24, 2.45) is 0 Å². The smallest absolute Gasteiger partial charge is 0.131 e. The van der Waals surface area contributed by atoms with Crippen LogP contribution in [0.5, 0.6) is 0 Å². The van der Waals surface area contributed by atoms with E-state index in [2.05, 4.69) is 43.3 Å². The van der Waals surface area contributed by atoms with E-state index in [0.29, 0.717) is 11.1 Å².